The first kappa shape index (κ1) is 8.09. The van der Waals surface area contributed by atoms with Crippen LogP contribution >= 0.6 is 0 Å². The van der Waals surface area contributed by atoms with E-state index >= 15 is 0 Å². The lowest BCUT2D eigenvalue weighted by Gasteiger charge is -2.33. The van der Waals surface area contributed by atoms with Crippen LogP contribution in [0.1, 0.15) is 40.0 Å². The summed E-state index contributed by atoms with van der Waals surface area (Å²) < 4.78 is 0. The second kappa shape index (κ2) is 2.04. The van der Waals surface area contributed by atoms with Crippen LogP contribution in [0.4, 0.5) is 0 Å². The molecule has 2 fully saturated rings. The second-order valence-electron chi connectivity index (χ2n) is 5.17. The molecule has 0 radical (unpaired) electrons. The molecule has 0 amide bonds. The minimum Gasteiger partial charge on any atom is -0.411 e. The lowest BCUT2D eigenvalue weighted by Crippen LogP contribution is -2.35. The van der Waals surface area contributed by atoms with E-state index < -0.39 is 0 Å². The standard InChI is InChI=1S/C10H17NO/c1-9(2)7-4-5-10(3,6-7)8(9)11-12/h7,12H,4-6H2,1-3H3/b11-8+/t7?,10-/m1/s1. The highest BCUT2D eigenvalue weighted by atomic mass is 16.4. The van der Waals surface area contributed by atoms with Crippen molar-refractivity contribution in [1.29, 1.82) is 0 Å². The lowest BCUT2D eigenvalue weighted by atomic mass is 9.71. The van der Waals surface area contributed by atoms with Crippen LogP contribution in [0.2, 0.25) is 0 Å². The van der Waals surface area contributed by atoms with Crippen LogP contribution in [-0.4, -0.2) is 10.9 Å². The monoisotopic (exact) mass is 167 g/mol. The van der Waals surface area contributed by atoms with Gasteiger partial charge in [0.2, 0.25) is 0 Å². The van der Waals surface area contributed by atoms with E-state index in [2.05, 4.69) is 25.9 Å². The molecule has 1 N–H and O–H groups in total. The Morgan fingerprint density at radius 3 is 2.42 bits per heavy atom. The van der Waals surface area contributed by atoms with Gasteiger partial charge >= 0.3 is 0 Å². The number of hydrogen-bond acceptors (Lipinski definition) is 2. The van der Waals surface area contributed by atoms with Gasteiger partial charge in [-0.05, 0) is 25.2 Å². The summed E-state index contributed by atoms with van der Waals surface area (Å²) in [7, 11) is 0. The van der Waals surface area contributed by atoms with Gasteiger partial charge in [0, 0.05) is 10.8 Å². The third-order valence-electron chi connectivity index (χ3n) is 4.04. The first-order valence-electron chi connectivity index (χ1n) is 4.74. The minimum atomic E-state index is 0.141. The highest BCUT2D eigenvalue weighted by Crippen LogP contribution is 2.60. The molecule has 2 bridgehead atoms. The Hall–Kier alpha value is -0.530. The van der Waals surface area contributed by atoms with Crippen molar-refractivity contribution in [2.75, 3.05) is 0 Å². The third kappa shape index (κ3) is 0.732. The molecular formula is C10H17NO. The number of oxime groups is 1. The lowest BCUT2D eigenvalue weighted by molar-refractivity contribution is 0.279. The van der Waals surface area contributed by atoms with Crippen LogP contribution in [0.25, 0.3) is 0 Å². The van der Waals surface area contributed by atoms with E-state index in [4.69, 9.17) is 5.21 Å². The largest absolute Gasteiger partial charge is 0.411 e. The molecule has 1 unspecified atom stereocenters. The van der Waals surface area contributed by atoms with Gasteiger partial charge in [-0.2, -0.15) is 0 Å². The first-order chi connectivity index (χ1) is 5.50. The summed E-state index contributed by atoms with van der Waals surface area (Å²) in [5, 5.41) is 12.5. The van der Waals surface area contributed by atoms with Gasteiger partial charge < -0.3 is 5.21 Å². The maximum absolute atomic E-state index is 8.98. The molecule has 0 heterocycles. The zero-order valence-corrected chi connectivity index (χ0v) is 8.09. The molecule has 12 heavy (non-hydrogen) atoms. The van der Waals surface area contributed by atoms with Crippen molar-refractivity contribution >= 4 is 5.71 Å². The Bertz CT molecular complexity index is 237. The minimum absolute atomic E-state index is 0.141. The van der Waals surface area contributed by atoms with Crippen LogP contribution in [0.3, 0.4) is 0 Å². The van der Waals surface area contributed by atoms with E-state index in [1.807, 2.05) is 0 Å². The zero-order chi connectivity index (χ0) is 8.98. The summed E-state index contributed by atoms with van der Waals surface area (Å²) in [4.78, 5) is 0. The predicted octanol–water partition coefficient (Wildman–Crippen LogP) is 2.66. The Labute approximate surface area is 73.7 Å². The van der Waals surface area contributed by atoms with E-state index in [1.165, 1.54) is 19.3 Å². The second-order valence-corrected chi connectivity index (χ2v) is 5.17. The van der Waals surface area contributed by atoms with Crippen molar-refractivity contribution in [2.45, 2.75) is 40.0 Å². The van der Waals surface area contributed by atoms with Crippen LogP contribution in [0.15, 0.2) is 5.16 Å². The zero-order valence-electron chi connectivity index (χ0n) is 8.09. The molecule has 0 aromatic heterocycles. The van der Waals surface area contributed by atoms with Crippen LogP contribution in [0.5, 0.6) is 0 Å². The number of nitrogens with zero attached hydrogens (tertiary/aromatic N) is 1. The van der Waals surface area contributed by atoms with Crippen molar-refractivity contribution in [3.63, 3.8) is 0 Å². The average Bonchev–Trinajstić information content (AvgIpc) is 2.39. The smallest absolute Gasteiger partial charge is 0.0688 e. The third-order valence-corrected chi connectivity index (χ3v) is 4.04. The molecule has 2 rings (SSSR count). The van der Waals surface area contributed by atoms with Gasteiger partial charge in [0.05, 0.1) is 5.71 Å². The van der Waals surface area contributed by atoms with Crippen molar-refractivity contribution in [3.05, 3.63) is 0 Å². The normalized spacial score (nSPS) is 47.2. The van der Waals surface area contributed by atoms with Crippen molar-refractivity contribution in [1.82, 2.24) is 0 Å². The molecule has 2 saturated carbocycles. The SMILES string of the molecule is CC1(C)/C(=N\O)[C@]2(C)CCC1C2. The number of rotatable bonds is 0. The molecule has 0 aromatic rings. The van der Waals surface area contributed by atoms with Crippen molar-refractivity contribution < 1.29 is 5.21 Å². The molecule has 2 aliphatic rings. The van der Waals surface area contributed by atoms with Gasteiger partial charge in [-0.1, -0.05) is 25.9 Å². The van der Waals surface area contributed by atoms with Gasteiger partial charge in [0.25, 0.3) is 0 Å². The van der Waals surface area contributed by atoms with Gasteiger partial charge in [-0.3, -0.25) is 0 Å². The fourth-order valence-electron chi connectivity index (χ4n) is 3.29. The Morgan fingerprint density at radius 1 is 1.42 bits per heavy atom. The van der Waals surface area contributed by atoms with Crippen LogP contribution < -0.4 is 0 Å². The summed E-state index contributed by atoms with van der Waals surface area (Å²) in [6.45, 7) is 6.64. The van der Waals surface area contributed by atoms with Gasteiger partial charge in [-0.25, -0.2) is 0 Å². The predicted molar refractivity (Wildman–Crippen MR) is 48.5 cm³/mol. The molecule has 2 atom stereocenters. The molecule has 2 heteroatoms. The molecule has 68 valence electrons. The molecule has 0 aromatic carbocycles. The van der Waals surface area contributed by atoms with E-state index in [9.17, 15) is 0 Å². The molecule has 0 aliphatic heterocycles. The number of fused-ring (bicyclic) bond motifs is 2. The average molecular weight is 167 g/mol. The van der Waals surface area contributed by atoms with E-state index in [0.717, 1.165) is 11.6 Å². The molecular weight excluding hydrogens is 150 g/mol. The topological polar surface area (TPSA) is 32.6 Å². The summed E-state index contributed by atoms with van der Waals surface area (Å²) in [6.07, 6.45) is 3.74. The Morgan fingerprint density at radius 2 is 2.08 bits per heavy atom. The summed E-state index contributed by atoms with van der Waals surface area (Å²) >= 11 is 0. The maximum atomic E-state index is 8.98. The summed E-state index contributed by atoms with van der Waals surface area (Å²) in [5.74, 6) is 0.744. The number of hydrogen-bond donors (Lipinski definition) is 1. The fraction of sp³-hybridized carbons (Fsp3) is 0.900. The Kier molecular flexibility index (Phi) is 1.37. The van der Waals surface area contributed by atoms with Crippen LogP contribution in [-0.2, 0) is 0 Å². The first-order valence-corrected chi connectivity index (χ1v) is 4.74. The van der Waals surface area contributed by atoms with Gasteiger partial charge in [0.1, 0.15) is 0 Å². The molecule has 2 nitrogen and oxygen atoms in total. The van der Waals surface area contributed by atoms with Crippen LogP contribution in [0, 0.1) is 16.7 Å². The van der Waals surface area contributed by atoms with E-state index in [1.54, 1.807) is 0 Å². The van der Waals surface area contributed by atoms with Gasteiger partial charge in [0.15, 0.2) is 0 Å². The van der Waals surface area contributed by atoms with Crippen molar-refractivity contribution in [3.8, 4) is 0 Å². The Balaban J connectivity index is 2.45. The highest BCUT2D eigenvalue weighted by molar-refractivity contribution is 5.97. The maximum Gasteiger partial charge on any atom is 0.0688 e. The highest BCUT2D eigenvalue weighted by Gasteiger charge is 2.57. The molecule has 2 aliphatic carbocycles. The van der Waals surface area contributed by atoms with E-state index in [-0.39, 0.29) is 10.8 Å². The van der Waals surface area contributed by atoms with E-state index in [0.29, 0.717) is 0 Å². The summed E-state index contributed by atoms with van der Waals surface area (Å²) in [5.41, 5.74) is 1.39. The summed E-state index contributed by atoms with van der Waals surface area (Å²) in [6, 6.07) is 0. The quantitative estimate of drug-likeness (QED) is 0.436. The van der Waals surface area contributed by atoms with Gasteiger partial charge in [-0.15, -0.1) is 0 Å². The fourth-order valence-corrected chi connectivity index (χ4v) is 3.29. The van der Waals surface area contributed by atoms with Crippen molar-refractivity contribution in [2.24, 2.45) is 21.9 Å². The molecule has 0 spiro atoms. The molecule has 0 saturated heterocycles.